The second-order valence-corrected chi connectivity index (χ2v) is 6.57. The van der Waals surface area contributed by atoms with E-state index in [9.17, 15) is 4.79 Å². The highest BCUT2D eigenvalue weighted by Gasteiger charge is 2.23. The van der Waals surface area contributed by atoms with Gasteiger partial charge >= 0.3 is 0 Å². The third kappa shape index (κ3) is 3.30. The van der Waals surface area contributed by atoms with Gasteiger partial charge < -0.3 is 15.4 Å². The first-order chi connectivity index (χ1) is 11.5. The van der Waals surface area contributed by atoms with E-state index in [4.69, 9.17) is 27.9 Å². The van der Waals surface area contributed by atoms with Gasteiger partial charge in [-0.05, 0) is 42.8 Å². The molecule has 3 rings (SSSR count). The lowest BCUT2D eigenvalue weighted by atomic mass is 10.0. The Morgan fingerprint density at radius 3 is 2.75 bits per heavy atom. The molecule has 2 aromatic carbocycles. The number of amides is 1. The van der Waals surface area contributed by atoms with Crippen molar-refractivity contribution in [1.29, 1.82) is 0 Å². The maximum atomic E-state index is 12.5. The summed E-state index contributed by atoms with van der Waals surface area (Å²) in [5.41, 5.74) is 3.24. The number of ether oxygens (including phenoxy) is 1. The van der Waals surface area contributed by atoms with Crippen LogP contribution in [-0.4, -0.2) is 19.6 Å². The van der Waals surface area contributed by atoms with Crippen molar-refractivity contribution >= 4 is 34.8 Å². The average Bonchev–Trinajstić information content (AvgIpc) is 3.01. The predicted octanol–water partition coefficient (Wildman–Crippen LogP) is 4.46. The fraction of sp³-hybridized carbons (Fsp3) is 0.278. The van der Waals surface area contributed by atoms with Gasteiger partial charge in [0.1, 0.15) is 5.75 Å². The standard InChI is InChI=1S/C18H18Cl2N2O2/c1-10(15-8-12(19)7-11-5-6-24-17(11)15)22-18(23)14-4-3-13(21-2)9-16(14)20/h3-4,7-10,21H,5-6H2,1-2H3,(H,22,23). The van der Waals surface area contributed by atoms with Crippen molar-refractivity contribution < 1.29 is 9.53 Å². The molecule has 1 amide bonds. The maximum Gasteiger partial charge on any atom is 0.253 e. The smallest absolute Gasteiger partial charge is 0.253 e. The van der Waals surface area contributed by atoms with Gasteiger partial charge in [-0.15, -0.1) is 0 Å². The van der Waals surface area contributed by atoms with E-state index in [-0.39, 0.29) is 11.9 Å². The second-order valence-electron chi connectivity index (χ2n) is 5.72. The molecule has 4 nitrogen and oxygen atoms in total. The number of halogens is 2. The fourth-order valence-electron chi connectivity index (χ4n) is 2.83. The number of rotatable bonds is 4. The zero-order valence-electron chi connectivity index (χ0n) is 13.5. The number of carbonyl (C=O) groups is 1. The Morgan fingerprint density at radius 1 is 1.25 bits per heavy atom. The molecule has 126 valence electrons. The highest BCUT2D eigenvalue weighted by Crippen LogP contribution is 2.36. The van der Waals surface area contributed by atoms with E-state index in [1.165, 1.54) is 0 Å². The van der Waals surface area contributed by atoms with Crippen LogP contribution in [0.1, 0.15) is 34.5 Å². The van der Waals surface area contributed by atoms with Crippen molar-refractivity contribution in [1.82, 2.24) is 5.32 Å². The van der Waals surface area contributed by atoms with Gasteiger partial charge in [0.05, 0.1) is 23.2 Å². The number of anilines is 1. The molecule has 2 N–H and O–H groups in total. The second kappa shape index (κ2) is 6.91. The van der Waals surface area contributed by atoms with Gasteiger partial charge in [0.2, 0.25) is 0 Å². The van der Waals surface area contributed by atoms with Crippen molar-refractivity contribution in [3.8, 4) is 5.75 Å². The third-order valence-corrected chi connectivity index (χ3v) is 4.62. The summed E-state index contributed by atoms with van der Waals surface area (Å²) >= 11 is 12.4. The van der Waals surface area contributed by atoms with Crippen molar-refractivity contribution in [2.75, 3.05) is 19.0 Å². The van der Waals surface area contributed by atoms with E-state index in [1.807, 2.05) is 25.1 Å². The Morgan fingerprint density at radius 2 is 2.04 bits per heavy atom. The number of carbonyl (C=O) groups excluding carboxylic acids is 1. The van der Waals surface area contributed by atoms with Crippen LogP contribution in [0.3, 0.4) is 0 Å². The van der Waals surface area contributed by atoms with E-state index in [1.54, 1.807) is 19.2 Å². The molecule has 2 aromatic rings. The number of hydrogen-bond donors (Lipinski definition) is 2. The SMILES string of the molecule is CNc1ccc(C(=O)NC(C)c2cc(Cl)cc3c2OCC3)c(Cl)c1. The van der Waals surface area contributed by atoms with Crippen LogP contribution in [0.2, 0.25) is 10.0 Å². The normalized spacial score (nSPS) is 13.8. The van der Waals surface area contributed by atoms with Gasteiger partial charge in [-0.3, -0.25) is 4.79 Å². The van der Waals surface area contributed by atoms with Crippen LogP contribution < -0.4 is 15.4 Å². The van der Waals surface area contributed by atoms with Gasteiger partial charge in [-0.2, -0.15) is 0 Å². The highest BCUT2D eigenvalue weighted by atomic mass is 35.5. The Hall–Kier alpha value is -1.91. The molecule has 0 fully saturated rings. The van der Waals surface area contributed by atoms with Gasteiger partial charge in [0.15, 0.2) is 0 Å². The van der Waals surface area contributed by atoms with Crippen LogP contribution in [0.25, 0.3) is 0 Å². The van der Waals surface area contributed by atoms with Crippen LogP contribution in [0.5, 0.6) is 5.75 Å². The summed E-state index contributed by atoms with van der Waals surface area (Å²) in [6, 6.07) is 8.74. The first-order valence-electron chi connectivity index (χ1n) is 7.73. The minimum absolute atomic E-state index is 0.234. The number of benzene rings is 2. The quantitative estimate of drug-likeness (QED) is 0.841. The number of nitrogens with one attached hydrogen (secondary N) is 2. The molecule has 1 atom stereocenters. The fourth-order valence-corrected chi connectivity index (χ4v) is 3.34. The van der Waals surface area contributed by atoms with Crippen molar-refractivity contribution in [3.05, 3.63) is 57.1 Å². The molecule has 1 unspecified atom stereocenters. The van der Waals surface area contributed by atoms with Crippen LogP contribution in [-0.2, 0) is 6.42 Å². The summed E-state index contributed by atoms with van der Waals surface area (Å²) in [5.74, 6) is 0.589. The topological polar surface area (TPSA) is 50.4 Å². The third-order valence-electron chi connectivity index (χ3n) is 4.09. The molecule has 0 aromatic heterocycles. The molecule has 0 radical (unpaired) electrons. The van der Waals surface area contributed by atoms with Crippen molar-refractivity contribution in [3.63, 3.8) is 0 Å². The molecule has 1 heterocycles. The van der Waals surface area contributed by atoms with Gasteiger partial charge in [0.25, 0.3) is 5.91 Å². The average molecular weight is 365 g/mol. The minimum Gasteiger partial charge on any atom is -0.493 e. The van der Waals surface area contributed by atoms with E-state index in [0.717, 1.165) is 29.0 Å². The molecule has 0 saturated heterocycles. The first kappa shape index (κ1) is 16.9. The lowest BCUT2D eigenvalue weighted by molar-refractivity contribution is 0.0939. The molecule has 0 bridgehead atoms. The minimum atomic E-state index is -0.247. The summed E-state index contributed by atoms with van der Waals surface area (Å²) in [4.78, 5) is 12.5. The Kier molecular flexibility index (Phi) is 4.88. The largest absolute Gasteiger partial charge is 0.493 e. The van der Waals surface area contributed by atoms with Crippen LogP contribution in [0.15, 0.2) is 30.3 Å². The summed E-state index contributed by atoms with van der Waals surface area (Å²) in [6.07, 6.45) is 0.834. The Labute approximate surface area is 151 Å². The van der Waals surface area contributed by atoms with Gasteiger partial charge in [-0.1, -0.05) is 23.2 Å². The zero-order chi connectivity index (χ0) is 17.3. The van der Waals surface area contributed by atoms with E-state index < -0.39 is 0 Å². The molecule has 0 aliphatic carbocycles. The molecular weight excluding hydrogens is 347 g/mol. The molecule has 0 saturated carbocycles. The van der Waals surface area contributed by atoms with Crippen molar-refractivity contribution in [2.24, 2.45) is 0 Å². The Bertz CT molecular complexity index is 793. The number of fused-ring (bicyclic) bond motifs is 1. The monoisotopic (exact) mass is 364 g/mol. The van der Waals surface area contributed by atoms with E-state index >= 15 is 0 Å². The van der Waals surface area contributed by atoms with E-state index in [0.29, 0.717) is 22.2 Å². The highest BCUT2D eigenvalue weighted by molar-refractivity contribution is 6.34. The molecule has 1 aliphatic rings. The molecular formula is C18H18Cl2N2O2. The number of hydrogen-bond acceptors (Lipinski definition) is 3. The lowest BCUT2D eigenvalue weighted by Gasteiger charge is -2.18. The molecule has 24 heavy (non-hydrogen) atoms. The van der Waals surface area contributed by atoms with Crippen LogP contribution in [0, 0.1) is 0 Å². The van der Waals surface area contributed by atoms with Crippen molar-refractivity contribution in [2.45, 2.75) is 19.4 Å². The maximum absolute atomic E-state index is 12.5. The summed E-state index contributed by atoms with van der Waals surface area (Å²) in [7, 11) is 1.80. The lowest BCUT2D eigenvalue weighted by Crippen LogP contribution is -2.27. The van der Waals surface area contributed by atoms with E-state index in [2.05, 4.69) is 10.6 Å². The summed E-state index contributed by atoms with van der Waals surface area (Å²) < 4.78 is 5.70. The molecule has 1 aliphatic heterocycles. The zero-order valence-corrected chi connectivity index (χ0v) is 15.0. The predicted molar refractivity (Wildman–Crippen MR) is 97.5 cm³/mol. The summed E-state index contributed by atoms with van der Waals surface area (Å²) in [5, 5.41) is 7.00. The Balaban J connectivity index is 1.83. The first-order valence-corrected chi connectivity index (χ1v) is 8.48. The van der Waals surface area contributed by atoms with Gasteiger partial charge in [0, 0.05) is 29.7 Å². The van der Waals surface area contributed by atoms with Crippen LogP contribution in [0.4, 0.5) is 5.69 Å². The summed E-state index contributed by atoms with van der Waals surface area (Å²) in [6.45, 7) is 2.54. The molecule has 0 spiro atoms. The van der Waals surface area contributed by atoms with Gasteiger partial charge in [-0.25, -0.2) is 0 Å². The molecule has 6 heteroatoms. The van der Waals surface area contributed by atoms with Crippen LogP contribution >= 0.6 is 23.2 Å².